The number of aliphatic hydroxyl groups is 1. The first-order chi connectivity index (χ1) is 9.04. The summed E-state index contributed by atoms with van der Waals surface area (Å²) in [6, 6.07) is 0.327. The van der Waals surface area contributed by atoms with Crippen molar-refractivity contribution in [3.05, 3.63) is 0 Å². The lowest BCUT2D eigenvalue weighted by atomic mass is 10.1. The summed E-state index contributed by atoms with van der Waals surface area (Å²) in [5.74, 6) is -0.155. The average molecular weight is 269 g/mol. The predicted octanol–water partition coefficient (Wildman–Crippen LogP) is -0.820. The molecular formula is C13H23N3O3. The minimum atomic E-state index is -0.329. The van der Waals surface area contributed by atoms with Gasteiger partial charge in [0.05, 0.1) is 19.2 Å². The number of carbonyl (C=O) groups is 2. The maximum atomic E-state index is 12.0. The van der Waals surface area contributed by atoms with E-state index in [1.54, 1.807) is 7.05 Å². The van der Waals surface area contributed by atoms with Gasteiger partial charge in [-0.15, -0.1) is 0 Å². The molecule has 108 valence electrons. The zero-order chi connectivity index (χ0) is 13.8. The van der Waals surface area contributed by atoms with E-state index >= 15 is 0 Å². The van der Waals surface area contributed by atoms with Crippen LogP contribution in [0.1, 0.15) is 25.7 Å². The number of likely N-dealkylation sites (N-methyl/N-ethyl adjacent to an activating group) is 1. The fourth-order valence-electron chi connectivity index (χ4n) is 2.29. The van der Waals surface area contributed by atoms with E-state index in [9.17, 15) is 14.7 Å². The third-order valence-electron chi connectivity index (χ3n) is 3.59. The number of likely N-dealkylation sites (tertiary alicyclic amines) is 1. The highest BCUT2D eigenvalue weighted by molar-refractivity contribution is 5.85. The zero-order valence-corrected chi connectivity index (χ0v) is 11.5. The summed E-state index contributed by atoms with van der Waals surface area (Å²) >= 11 is 0. The van der Waals surface area contributed by atoms with Crippen LogP contribution in [0.3, 0.4) is 0 Å². The minimum absolute atomic E-state index is 0.0694. The van der Waals surface area contributed by atoms with Gasteiger partial charge in [0.15, 0.2) is 0 Å². The van der Waals surface area contributed by atoms with E-state index in [0.29, 0.717) is 12.6 Å². The summed E-state index contributed by atoms with van der Waals surface area (Å²) in [6.07, 6.45) is 3.50. The smallest absolute Gasteiger partial charge is 0.239 e. The lowest BCUT2D eigenvalue weighted by Crippen LogP contribution is -2.46. The van der Waals surface area contributed by atoms with Crippen molar-refractivity contribution in [1.82, 2.24) is 15.1 Å². The molecule has 0 radical (unpaired) electrons. The van der Waals surface area contributed by atoms with Gasteiger partial charge in [-0.3, -0.25) is 14.5 Å². The number of carbonyl (C=O) groups excluding carboxylic acids is 2. The molecule has 0 bridgehead atoms. The SMILES string of the molecule is CN(CC(=O)NC1CC1)C(=O)CN1CCC[C@H](O)C1. The zero-order valence-electron chi connectivity index (χ0n) is 11.5. The molecule has 6 nitrogen and oxygen atoms in total. The Balaban J connectivity index is 1.70. The maximum Gasteiger partial charge on any atom is 0.239 e. The second-order valence-corrected chi connectivity index (χ2v) is 5.62. The monoisotopic (exact) mass is 269 g/mol. The van der Waals surface area contributed by atoms with Crippen LogP contribution in [0.5, 0.6) is 0 Å². The lowest BCUT2D eigenvalue weighted by Gasteiger charge is -2.30. The molecule has 0 spiro atoms. The van der Waals surface area contributed by atoms with Crippen molar-refractivity contribution in [2.24, 2.45) is 0 Å². The first-order valence-corrected chi connectivity index (χ1v) is 6.98. The van der Waals surface area contributed by atoms with E-state index < -0.39 is 0 Å². The fourth-order valence-corrected chi connectivity index (χ4v) is 2.29. The molecule has 1 atom stereocenters. The largest absolute Gasteiger partial charge is 0.392 e. The number of rotatable bonds is 5. The van der Waals surface area contributed by atoms with Crippen LogP contribution < -0.4 is 5.32 Å². The van der Waals surface area contributed by atoms with Gasteiger partial charge in [-0.25, -0.2) is 0 Å². The molecule has 0 aromatic carbocycles. The lowest BCUT2D eigenvalue weighted by molar-refractivity contribution is -0.136. The summed E-state index contributed by atoms with van der Waals surface area (Å²) in [7, 11) is 1.65. The highest BCUT2D eigenvalue weighted by Crippen LogP contribution is 2.18. The van der Waals surface area contributed by atoms with Crippen molar-refractivity contribution < 1.29 is 14.7 Å². The van der Waals surface area contributed by atoms with E-state index in [4.69, 9.17) is 0 Å². The van der Waals surface area contributed by atoms with Crippen molar-refractivity contribution in [1.29, 1.82) is 0 Å². The molecule has 1 heterocycles. The molecule has 2 aliphatic rings. The molecule has 0 unspecified atom stereocenters. The number of nitrogens with one attached hydrogen (secondary N) is 1. The van der Waals surface area contributed by atoms with Crippen LogP contribution in [0, 0.1) is 0 Å². The quantitative estimate of drug-likeness (QED) is 0.684. The van der Waals surface area contributed by atoms with Crippen molar-refractivity contribution in [3.63, 3.8) is 0 Å². The Morgan fingerprint density at radius 1 is 1.37 bits per heavy atom. The van der Waals surface area contributed by atoms with Crippen molar-refractivity contribution in [2.75, 3.05) is 33.2 Å². The van der Waals surface area contributed by atoms with Gasteiger partial charge in [0.1, 0.15) is 0 Å². The van der Waals surface area contributed by atoms with Crippen LogP contribution in [0.2, 0.25) is 0 Å². The molecule has 1 aliphatic heterocycles. The standard InChI is InChI=1S/C13H23N3O3/c1-15(8-12(18)14-10-4-5-10)13(19)9-16-6-2-3-11(17)7-16/h10-11,17H,2-9H2,1H3,(H,14,18)/t11-/m0/s1. The molecular weight excluding hydrogens is 246 g/mol. The normalized spacial score (nSPS) is 24.0. The van der Waals surface area contributed by atoms with Crippen LogP contribution in [-0.2, 0) is 9.59 Å². The molecule has 0 aromatic heterocycles. The van der Waals surface area contributed by atoms with E-state index in [0.717, 1.165) is 32.2 Å². The Labute approximate surface area is 113 Å². The molecule has 0 aromatic rings. The van der Waals surface area contributed by atoms with Crippen LogP contribution in [0.4, 0.5) is 0 Å². The summed E-state index contributed by atoms with van der Waals surface area (Å²) in [5.41, 5.74) is 0. The Morgan fingerprint density at radius 3 is 2.74 bits per heavy atom. The van der Waals surface area contributed by atoms with Gasteiger partial charge in [-0.2, -0.15) is 0 Å². The Hall–Kier alpha value is -1.14. The molecule has 2 fully saturated rings. The molecule has 2 amide bonds. The van der Waals surface area contributed by atoms with Gasteiger partial charge >= 0.3 is 0 Å². The second kappa shape index (κ2) is 6.34. The van der Waals surface area contributed by atoms with Gasteiger partial charge in [-0.1, -0.05) is 0 Å². The molecule has 1 saturated carbocycles. The van der Waals surface area contributed by atoms with Crippen molar-refractivity contribution in [3.8, 4) is 0 Å². The van der Waals surface area contributed by atoms with E-state index in [2.05, 4.69) is 5.32 Å². The van der Waals surface area contributed by atoms with Crippen LogP contribution in [0.25, 0.3) is 0 Å². The minimum Gasteiger partial charge on any atom is -0.392 e. The highest BCUT2D eigenvalue weighted by atomic mass is 16.3. The topological polar surface area (TPSA) is 72.9 Å². The molecule has 2 N–H and O–H groups in total. The number of β-amino-alcohol motifs (C(OH)–C–C–N with tert-alkyl or cyclic N) is 1. The molecule has 1 aliphatic carbocycles. The van der Waals surface area contributed by atoms with Gasteiger partial charge in [0, 0.05) is 19.6 Å². The first kappa shape index (κ1) is 14.3. The number of hydrogen-bond acceptors (Lipinski definition) is 4. The summed E-state index contributed by atoms with van der Waals surface area (Å²) < 4.78 is 0. The fraction of sp³-hybridized carbons (Fsp3) is 0.846. The first-order valence-electron chi connectivity index (χ1n) is 6.98. The molecule has 2 rings (SSSR count). The van der Waals surface area contributed by atoms with Gasteiger partial charge in [0.25, 0.3) is 0 Å². The number of nitrogens with zero attached hydrogens (tertiary/aromatic N) is 2. The molecule has 1 saturated heterocycles. The number of hydrogen-bond donors (Lipinski definition) is 2. The van der Waals surface area contributed by atoms with Gasteiger partial charge in [-0.05, 0) is 32.2 Å². The third-order valence-corrected chi connectivity index (χ3v) is 3.59. The maximum absolute atomic E-state index is 12.0. The molecule has 19 heavy (non-hydrogen) atoms. The van der Waals surface area contributed by atoms with Gasteiger partial charge in [0.2, 0.25) is 11.8 Å². The van der Waals surface area contributed by atoms with Crippen LogP contribution in [-0.4, -0.2) is 72.1 Å². The summed E-state index contributed by atoms with van der Waals surface area (Å²) in [4.78, 5) is 27.0. The summed E-state index contributed by atoms with van der Waals surface area (Å²) in [5, 5.41) is 12.4. The Kier molecular flexibility index (Phi) is 4.76. The number of piperidine rings is 1. The highest BCUT2D eigenvalue weighted by Gasteiger charge is 2.25. The Bertz CT molecular complexity index is 344. The van der Waals surface area contributed by atoms with Crippen LogP contribution in [0.15, 0.2) is 0 Å². The van der Waals surface area contributed by atoms with E-state index in [-0.39, 0.29) is 31.0 Å². The Morgan fingerprint density at radius 2 is 2.11 bits per heavy atom. The van der Waals surface area contributed by atoms with E-state index in [1.807, 2.05) is 4.90 Å². The van der Waals surface area contributed by atoms with E-state index in [1.165, 1.54) is 4.90 Å². The number of aliphatic hydroxyl groups excluding tert-OH is 1. The van der Waals surface area contributed by atoms with Crippen LogP contribution >= 0.6 is 0 Å². The molecule has 6 heteroatoms. The van der Waals surface area contributed by atoms with Crippen molar-refractivity contribution >= 4 is 11.8 Å². The third kappa shape index (κ3) is 4.80. The predicted molar refractivity (Wildman–Crippen MR) is 70.5 cm³/mol. The summed E-state index contributed by atoms with van der Waals surface area (Å²) in [6.45, 7) is 1.79. The van der Waals surface area contributed by atoms with Gasteiger partial charge < -0.3 is 15.3 Å². The second-order valence-electron chi connectivity index (χ2n) is 5.62. The average Bonchev–Trinajstić information content (AvgIpc) is 3.12. The van der Waals surface area contributed by atoms with Crippen molar-refractivity contribution in [2.45, 2.75) is 37.8 Å². The number of amides is 2.